The van der Waals surface area contributed by atoms with Gasteiger partial charge >= 0.3 is 6.01 Å². The van der Waals surface area contributed by atoms with Crippen LogP contribution in [-0.2, 0) is 17.8 Å². The third-order valence-electron chi connectivity index (χ3n) is 8.87. The Morgan fingerprint density at radius 3 is 2.86 bits per heavy atom. The Balaban J connectivity index is 1.30. The molecule has 0 unspecified atom stereocenters. The largest absolute Gasteiger partial charge is 0.462 e. The van der Waals surface area contributed by atoms with E-state index in [0.717, 1.165) is 60.1 Å². The number of benzene rings is 1. The van der Waals surface area contributed by atoms with Gasteiger partial charge in [-0.05, 0) is 50.8 Å². The van der Waals surface area contributed by atoms with Crippen LogP contribution in [0.5, 0.6) is 6.01 Å². The van der Waals surface area contributed by atoms with Crippen LogP contribution in [0.2, 0.25) is 0 Å². The fourth-order valence-electron chi connectivity index (χ4n) is 6.42. The van der Waals surface area contributed by atoms with E-state index in [-0.39, 0.29) is 18.4 Å². The number of aryl methyl sites for hydroxylation is 1. The number of anilines is 2. The molecule has 2 aliphatic heterocycles. The zero-order valence-corrected chi connectivity index (χ0v) is 25.2. The van der Waals surface area contributed by atoms with Gasteiger partial charge in [-0.15, -0.1) is 0 Å². The number of aromatic nitrogens is 3. The first-order valence-corrected chi connectivity index (χ1v) is 15.3. The fourth-order valence-corrected chi connectivity index (χ4v) is 6.42. The molecule has 0 bridgehead atoms. The van der Waals surface area contributed by atoms with Crippen LogP contribution in [0.4, 0.5) is 11.5 Å². The highest BCUT2D eigenvalue weighted by molar-refractivity contribution is 5.96. The molecule has 10 heteroatoms. The van der Waals surface area contributed by atoms with Crippen molar-refractivity contribution in [2.75, 3.05) is 62.7 Å². The van der Waals surface area contributed by atoms with Gasteiger partial charge in [-0.25, -0.2) is 0 Å². The molecule has 1 amide bonds. The summed E-state index contributed by atoms with van der Waals surface area (Å²) in [6.07, 6.45) is 8.87. The minimum Gasteiger partial charge on any atom is -0.462 e. The molecule has 3 aliphatic rings. The van der Waals surface area contributed by atoms with Crippen molar-refractivity contribution in [1.29, 1.82) is 5.26 Å². The number of hydrogen-bond acceptors (Lipinski definition) is 9. The monoisotopic (exact) mass is 580 g/mol. The molecule has 0 N–H and O–H groups in total. The second-order valence-electron chi connectivity index (χ2n) is 12.0. The smallest absolute Gasteiger partial charge is 0.318 e. The highest BCUT2D eigenvalue weighted by Gasteiger charge is 2.33. The maximum absolute atomic E-state index is 12.5. The predicted octanol–water partition coefficient (Wildman–Crippen LogP) is 3.73. The van der Waals surface area contributed by atoms with Crippen molar-refractivity contribution in [1.82, 2.24) is 24.8 Å². The number of fused-ring (bicyclic) bond motifs is 2. The molecule has 224 valence electrons. The standard InChI is InChI=1S/C33H40N8O2/c1-4-30(42)41-15-14-40(21-26(41)10-12-34)32-27-11-13-39(29-19-35-18-25-7-5-6-23(2)31(25)29)22-28(27)36-33(37-32)43-17-16-38(3)20-24-8-9-24/h4-7,18-19,24,26H,1,8-11,13-17,20-22H2,2-3H3/t26-/m0/s1. The maximum atomic E-state index is 12.5. The number of amides is 1. The molecule has 43 heavy (non-hydrogen) atoms. The molecule has 1 atom stereocenters. The second-order valence-corrected chi connectivity index (χ2v) is 12.0. The molecule has 1 saturated carbocycles. The van der Waals surface area contributed by atoms with E-state index in [1.807, 2.05) is 12.4 Å². The van der Waals surface area contributed by atoms with Crippen LogP contribution in [0, 0.1) is 24.2 Å². The first-order chi connectivity index (χ1) is 20.9. The molecule has 3 aromatic rings. The molecule has 1 saturated heterocycles. The van der Waals surface area contributed by atoms with Crippen LogP contribution in [-0.4, -0.2) is 89.6 Å². The Kier molecular flexibility index (Phi) is 8.43. The van der Waals surface area contributed by atoms with Gasteiger partial charge in [-0.3, -0.25) is 9.78 Å². The van der Waals surface area contributed by atoms with Gasteiger partial charge in [0, 0.05) is 61.8 Å². The summed E-state index contributed by atoms with van der Waals surface area (Å²) < 4.78 is 6.21. The van der Waals surface area contributed by atoms with Crippen LogP contribution in [0.1, 0.15) is 36.1 Å². The Labute approximate surface area is 253 Å². The summed E-state index contributed by atoms with van der Waals surface area (Å²) in [5.41, 5.74) is 4.39. The van der Waals surface area contributed by atoms with Gasteiger partial charge in [-0.2, -0.15) is 15.2 Å². The quantitative estimate of drug-likeness (QED) is 0.332. The lowest BCUT2D eigenvalue weighted by Crippen LogP contribution is -2.55. The summed E-state index contributed by atoms with van der Waals surface area (Å²) >= 11 is 0. The van der Waals surface area contributed by atoms with Crippen LogP contribution in [0.25, 0.3) is 10.8 Å². The Morgan fingerprint density at radius 1 is 1.21 bits per heavy atom. The predicted molar refractivity (Wildman–Crippen MR) is 167 cm³/mol. The number of rotatable bonds is 10. The van der Waals surface area contributed by atoms with Gasteiger partial charge < -0.3 is 24.3 Å². The molecule has 0 radical (unpaired) electrons. The van der Waals surface area contributed by atoms with Gasteiger partial charge in [0.1, 0.15) is 12.4 Å². The number of carbonyl (C=O) groups excluding carboxylic acids is 1. The van der Waals surface area contributed by atoms with Gasteiger partial charge in [0.2, 0.25) is 5.91 Å². The molecule has 4 heterocycles. The first-order valence-electron chi connectivity index (χ1n) is 15.3. The summed E-state index contributed by atoms with van der Waals surface area (Å²) in [5, 5.41) is 11.9. The van der Waals surface area contributed by atoms with Crippen molar-refractivity contribution >= 4 is 28.2 Å². The zero-order valence-electron chi connectivity index (χ0n) is 25.2. The number of piperazine rings is 1. The number of hydrogen-bond donors (Lipinski definition) is 0. The number of ether oxygens (including phenoxy) is 1. The average molecular weight is 581 g/mol. The minimum atomic E-state index is -0.236. The number of nitriles is 1. The molecule has 2 aromatic heterocycles. The number of pyridine rings is 1. The van der Waals surface area contributed by atoms with Crippen molar-refractivity contribution in [3.63, 3.8) is 0 Å². The lowest BCUT2D eigenvalue weighted by atomic mass is 10.0. The molecule has 10 nitrogen and oxygen atoms in total. The summed E-state index contributed by atoms with van der Waals surface area (Å²) in [7, 11) is 2.14. The van der Waals surface area contributed by atoms with Crippen LogP contribution in [0.3, 0.4) is 0 Å². The van der Waals surface area contributed by atoms with Crippen molar-refractivity contribution in [3.05, 3.63) is 60.1 Å². The van der Waals surface area contributed by atoms with E-state index >= 15 is 0 Å². The Morgan fingerprint density at radius 2 is 2.07 bits per heavy atom. The lowest BCUT2D eigenvalue weighted by Gasteiger charge is -2.42. The van der Waals surface area contributed by atoms with Crippen molar-refractivity contribution in [3.8, 4) is 12.1 Å². The van der Waals surface area contributed by atoms with E-state index in [1.54, 1.807) is 4.90 Å². The molecule has 2 fully saturated rings. The van der Waals surface area contributed by atoms with E-state index in [1.165, 1.54) is 29.9 Å². The van der Waals surface area contributed by atoms with E-state index in [2.05, 4.69) is 64.5 Å². The van der Waals surface area contributed by atoms with Gasteiger partial charge in [0.15, 0.2) is 0 Å². The Hall–Kier alpha value is -4.23. The summed E-state index contributed by atoms with van der Waals surface area (Å²) in [5.74, 6) is 1.54. The molecule has 1 aliphatic carbocycles. The topological polar surface area (TPSA) is 102 Å². The van der Waals surface area contributed by atoms with E-state index in [4.69, 9.17) is 14.7 Å². The van der Waals surface area contributed by atoms with Gasteiger partial charge in [-0.1, -0.05) is 24.8 Å². The molecule has 1 aromatic carbocycles. The molecule has 0 spiro atoms. The van der Waals surface area contributed by atoms with Crippen LogP contribution < -0.4 is 14.5 Å². The van der Waals surface area contributed by atoms with E-state index < -0.39 is 0 Å². The van der Waals surface area contributed by atoms with Crippen molar-refractivity contribution < 1.29 is 9.53 Å². The van der Waals surface area contributed by atoms with Crippen molar-refractivity contribution in [2.45, 2.75) is 45.2 Å². The fraction of sp³-hybridized carbons (Fsp3) is 0.485. The third kappa shape index (κ3) is 6.27. The average Bonchev–Trinajstić information content (AvgIpc) is 3.84. The SMILES string of the molecule is C=CC(=O)N1CCN(c2nc(OCCN(C)CC3CC3)nc3c2CCN(c2cncc4cccc(C)c24)C3)C[C@@H]1CC#N. The van der Waals surface area contributed by atoms with Gasteiger partial charge in [0.05, 0.1) is 42.7 Å². The second kappa shape index (κ2) is 12.6. The summed E-state index contributed by atoms with van der Waals surface area (Å²) in [4.78, 5) is 35.6. The van der Waals surface area contributed by atoms with Crippen LogP contribution >= 0.6 is 0 Å². The number of likely N-dealkylation sites (N-methyl/N-ethyl adjacent to an activating group) is 1. The first kappa shape index (κ1) is 28.9. The Bertz CT molecular complexity index is 1540. The summed E-state index contributed by atoms with van der Waals surface area (Å²) in [6, 6.07) is 8.73. The van der Waals surface area contributed by atoms with Crippen molar-refractivity contribution in [2.24, 2.45) is 5.92 Å². The number of nitrogens with zero attached hydrogens (tertiary/aromatic N) is 8. The minimum absolute atomic E-state index is 0.140. The molecule has 6 rings (SSSR count). The number of carbonyl (C=O) groups is 1. The third-order valence-corrected chi connectivity index (χ3v) is 8.87. The van der Waals surface area contributed by atoms with E-state index in [0.29, 0.717) is 38.8 Å². The van der Waals surface area contributed by atoms with E-state index in [9.17, 15) is 10.1 Å². The zero-order chi connectivity index (χ0) is 29.9. The van der Waals surface area contributed by atoms with Crippen LogP contribution in [0.15, 0.2) is 43.2 Å². The summed E-state index contributed by atoms with van der Waals surface area (Å²) in [6.45, 7) is 11.3. The van der Waals surface area contributed by atoms with Gasteiger partial charge in [0.25, 0.3) is 0 Å². The molecular weight excluding hydrogens is 540 g/mol. The highest BCUT2D eigenvalue weighted by Crippen LogP contribution is 2.35. The lowest BCUT2D eigenvalue weighted by molar-refractivity contribution is -0.128. The maximum Gasteiger partial charge on any atom is 0.318 e. The normalized spacial score (nSPS) is 18.5. The molecular formula is C33H40N8O2. The highest BCUT2D eigenvalue weighted by atomic mass is 16.5.